The number of hydrogen-bond donors (Lipinski definition) is 0. The van der Waals surface area contributed by atoms with Crippen LogP contribution in [0.1, 0.15) is 26.2 Å². The molecule has 0 saturated carbocycles. The van der Waals surface area contributed by atoms with Crippen LogP contribution in [0.25, 0.3) is 0 Å². The van der Waals surface area contributed by atoms with Crippen molar-refractivity contribution in [1.82, 2.24) is 0 Å². The minimum absolute atomic E-state index is 0.206. The summed E-state index contributed by atoms with van der Waals surface area (Å²) in [7, 11) is 0. The zero-order valence-electron chi connectivity index (χ0n) is 7.22. The summed E-state index contributed by atoms with van der Waals surface area (Å²) in [5, 5.41) is 0. The highest BCUT2D eigenvalue weighted by Crippen LogP contribution is 2.10. The van der Waals surface area contributed by atoms with Crippen LogP contribution in [0.2, 0.25) is 0 Å². The van der Waals surface area contributed by atoms with Gasteiger partial charge in [-0.1, -0.05) is 18.4 Å². The van der Waals surface area contributed by atoms with Crippen molar-refractivity contribution < 1.29 is 9.53 Å². The predicted octanol–water partition coefficient (Wildman–Crippen LogP) is 1.66. The molecule has 0 aromatic carbocycles. The molecular formula is C10H12O2. The summed E-state index contributed by atoms with van der Waals surface area (Å²) in [4.78, 5) is 11.0. The van der Waals surface area contributed by atoms with Crippen LogP contribution in [-0.2, 0) is 9.53 Å². The van der Waals surface area contributed by atoms with Crippen molar-refractivity contribution in [3.8, 4) is 11.8 Å². The summed E-state index contributed by atoms with van der Waals surface area (Å²) in [5.41, 5.74) is 0.433. The van der Waals surface area contributed by atoms with Crippen LogP contribution >= 0.6 is 0 Å². The van der Waals surface area contributed by atoms with Crippen molar-refractivity contribution in [3.05, 3.63) is 12.2 Å². The number of carbonyl (C=O) groups is 1. The Labute approximate surface area is 72.6 Å². The van der Waals surface area contributed by atoms with Crippen LogP contribution in [0.4, 0.5) is 0 Å². The molecule has 12 heavy (non-hydrogen) atoms. The average Bonchev–Trinajstić information content (AvgIpc) is 2.06. The van der Waals surface area contributed by atoms with E-state index in [2.05, 4.69) is 18.4 Å². The molecule has 64 valence electrons. The molecule has 0 bridgehead atoms. The van der Waals surface area contributed by atoms with E-state index in [0.29, 0.717) is 5.57 Å². The second kappa shape index (κ2) is 3.96. The summed E-state index contributed by atoms with van der Waals surface area (Å²) in [6, 6.07) is 0. The molecule has 0 fully saturated rings. The fourth-order valence-electron chi connectivity index (χ4n) is 0.952. The maximum atomic E-state index is 11.0. The summed E-state index contributed by atoms with van der Waals surface area (Å²) in [5.74, 6) is 5.46. The Morgan fingerprint density at radius 3 is 2.92 bits per heavy atom. The van der Waals surface area contributed by atoms with Crippen molar-refractivity contribution in [1.29, 1.82) is 0 Å². The summed E-state index contributed by atoms with van der Waals surface area (Å²) >= 11 is 0. The molecule has 0 aliphatic heterocycles. The summed E-state index contributed by atoms with van der Waals surface area (Å²) < 4.78 is 5.04. The van der Waals surface area contributed by atoms with E-state index in [1.54, 1.807) is 6.92 Å². The van der Waals surface area contributed by atoms with Gasteiger partial charge < -0.3 is 4.74 Å². The quantitative estimate of drug-likeness (QED) is 0.352. The van der Waals surface area contributed by atoms with E-state index >= 15 is 0 Å². The molecule has 0 N–H and O–H groups in total. The van der Waals surface area contributed by atoms with Gasteiger partial charge in [-0.05, 0) is 19.8 Å². The lowest BCUT2D eigenvalue weighted by Crippen LogP contribution is -2.18. The van der Waals surface area contributed by atoms with Gasteiger partial charge in [-0.25, -0.2) is 4.79 Å². The molecule has 0 aromatic heterocycles. The van der Waals surface area contributed by atoms with E-state index in [-0.39, 0.29) is 12.1 Å². The first-order valence-electron chi connectivity index (χ1n) is 4.05. The van der Waals surface area contributed by atoms with E-state index in [1.807, 2.05) is 0 Å². The lowest BCUT2D eigenvalue weighted by atomic mass is 10.1. The molecule has 1 aliphatic rings. The predicted molar refractivity (Wildman–Crippen MR) is 46.3 cm³/mol. The molecule has 1 atom stereocenters. The van der Waals surface area contributed by atoms with Gasteiger partial charge in [0.2, 0.25) is 0 Å². The van der Waals surface area contributed by atoms with Gasteiger partial charge in [0.05, 0.1) is 0 Å². The number of hydrogen-bond acceptors (Lipinski definition) is 2. The van der Waals surface area contributed by atoms with Crippen LogP contribution in [0, 0.1) is 11.8 Å². The minimum atomic E-state index is -0.337. The molecule has 1 unspecified atom stereocenters. The molecule has 1 rings (SSSR count). The van der Waals surface area contributed by atoms with Crippen molar-refractivity contribution in [2.75, 3.05) is 0 Å². The van der Waals surface area contributed by atoms with Crippen molar-refractivity contribution in [2.24, 2.45) is 0 Å². The lowest BCUT2D eigenvalue weighted by Gasteiger charge is -2.13. The topological polar surface area (TPSA) is 26.3 Å². The molecule has 0 saturated heterocycles. The van der Waals surface area contributed by atoms with Crippen LogP contribution < -0.4 is 0 Å². The van der Waals surface area contributed by atoms with Gasteiger partial charge >= 0.3 is 5.97 Å². The third-order valence-electron chi connectivity index (χ3n) is 1.63. The molecule has 2 heteroatoms. The van der Waals surface area contributed by atoms with Crippen LogP contribution in [0.15, 0.2) is 12.2 Å². The second-order valence-corrected chi connectivity index (χ2v) is 2.89. The molecule has 0 spiro atoms. The highest BCUT2D eigenvalue weighted by atomic mass is 16.5. The van der Waals surface area contributed by atoms with E-state index < -0.39 is 0 Å². The first kappa shape index (κ1) is 8.86. The standard InChI is InChI=1S/C10H12O2/c1-8(2)10(11)12-9-6-4-3-5-7-9/h9H,1,3-4,6H2,2H3. The van der Waals surface area contributed by atoms with E-state index in [1.165, 1.54) is 0 Å². The number of rotatable bonds is 2. The van der Waals surface area contributed by atoms with Gasteiger partial charge in [-0.2, -0.15) is 0 Å². The maximum Gasteiger partial charge on any atom is 0.334 e. The molecule has 0 radical (unpaired) electrons. The average molecular weight is 164 g/mol. The van der Waals surface area contributed by atoms with Crippen molar-refractivity contribution in [2.45, 2.75) is 32.3 Å². The third-order valence-corrected chi connectivity index (χ3v) is 1.63. The number of esters is 1. The van der Waals surface area contributed by atoms with Gasteiger partial charge in [-0.15, -0.1) is 0 Å². The summed E-state index contributed by atoms with van der Waals surface area (Å²) in [6.45, 7) is 5.14. The normalized spacial score (nSPS) is 20.6. The summed E-state index contributed by atoms with van der Waals surface area (Å²) in [6.07, 6.45) is 2.58. The van der Waals surface area contributed by atoms with Gasteiger partial charge in [-0.3, -0.25) is 0 Å². The smallest absolute Gasteiger partial charge is 0.334 e. The van der Waals surface area contributed by atoms with Gasteiger partial charge in [0.25, 0.3) is 0 Å². The molecule has 0 heterocycles. The Morgan fingerprint density at radius 1 is 1.67 bits per heavy atom. The van der Waals surface area contributed by atoms with Crippen LogP contribution in [-0.4, -0.2) is 12.1 Å². The van der Waals surface area contributed by atoms with Gasteiger partial charge in [0.15, 0.2) is 6.10 Å². The number of ether oxygens (including phenoxy) is 1. The monoisotopic (exact) mass is 164 g/mol. The maximum absolute atomic E-state index is 11.0. The highest BCUT2D eigenvalue weighted by Gasteiger charge is 2.13. The first-order chi connectivity index (χ1) is 5.70. The van der Waals surface area contributed by atoms with Crippen molar-refractivity contribution >= 4 is 5.97 Å². The molecule has 0 amide bonds. The lowest BCUT2D eigenvalue weighted by molar-refractivity contribution is -0.142. The zero-order valence-corrected chi connectivity index (χ0v) is 7.22. The van der Waals surface area contributed by atoms with Crippen LogP contribution in [0.3, 0.4) is 0 Å². The fourth-order valence-corrected chi connectivity index (χ4v) is 0.952. The highest BCUT2D eigenvalue weighted by molar-refractivity contribution is 5.87. The van der Waals surface area contributed by atoms with Gasteiger partial charge in [0, 0.05) is 12.0 Å². The van der Waals surface area contributed by atoms with Crippen LogP contribution in [0.5, 0.6) is 0 Å². The molecule has 1 aliphatic carbocycles. The first-order valence-corrected chi connectivity index (χ1v) is 4.05. The Bertz CT molecular complexity index is 255. The Balaban J connectivity index is 2.43. The minimum Gasteiger partial charge on any atom is -0.446 e. The zero-order chi connectivity index (χ0) is 8.97. The Morgan fingerprint density at radius 2 is 2.42 bits per heavy atom. The molecule has 0 aromatic rings. The van der Waals surface area contributed by atoms with Crippen molar-refractivity contribution in [3.63, 3.8) is 0 Å². The fraction of sp³-hybridized carbons (Fsp3) is 0.500. The Hall–Kier alpha value is -1.23. The third kappa shape index (κ3) is 2.43. The Kier molecular flexibility index (Phi) is 2.93. The van der Waals surface area contributed by atoms with Gasteiger partial charge in [0.1, 0.15) is 0 Å². The van der Waals surface area contributed by atoms with E-state index in [9.17, 15) is 4.79 Å². The molecule has 2 nitrogen and oxygen atoms in total. The SMILES string of the molecule is C=C(C)C(=O)OC1C#CCCC1. The van der Waals surface area contributed by atoms with E-state index in [0.717, 1.165) is 19.3 Å². The largest absolute Gasteiger partial charge is 0.446 e. The number of carbonyl (C=O) groups excluding carboxylic acids is 1. The van der Waals surface area contributed by atoms with E-state index in [4.69, 9.17) is 4.74 Å². The second-order valence-electron chi connectivity index (χ2n) is 2.89. The molecular weight excluding hydrogens is 152 g/mol.